The van der Waals surface area contributed by atoms with E-state index in [1.165, 1.54) is 7.05 Å². The topological polar surface area (TPSA) is 75.7 Å². The lowest BCUT2D eigenvalue weighted by Gasteiger charge is -2.21. The number of anilines is 1. The lowest BCUT2D eigenvalue weighted by molar-refractivity contribution is -0.119. The number of hydrogen-bond donors (Lipinski definition) is 1. The molecule has 0 bridgehead atoms. The number of carbonyl (C=O) groups excluding carboxylic acids is 1. The molecule has 0 aromatic heterocycles. The smallest absolute Gasteiger partial charge is 0.240 e. The molecule has 1 N–H and O–H groups in total. The van der Waals surface area contributed by atoms with Gasteiger partial charge in [0.15, 0.2) is 0 Å². The zero-order valence-electron chi connectivity index (χ0n) is 11.9. The first-order valence-electron chi connectivity index (χ1n) is 6.29. The Bertz CT molecular complexity index is 540. The Hall–Kier alpha value is -1.76. The van der Waals surface area contributed by atoms with Gasteiger partial charge in [-0.1, -0.05) is 6.92 Å². The molecule has 0 spiro atoms. The van der Waals surface area contributed by atoms with Crippen LogP contribution in [-0.2, 0) is 14.8 Å². The molecule has 0 aliphatic carbocycles. The highest BCUT2D eigenvalue weighted by molar-refractivity contribution is 7.92. The number of likely N-dealkylation sites (N-methyl/N-ethyl adjacent to an activating group) is 1. The van der Waals surface area contributed by atoms with Crippen molar-refractivity contribution in [2.45, 2.75) is 13.3 Å². The third-order valence-electron chi connectivity index (χ3n) is 2.56. The summed E-state index contributed by atoms with van der Waals surface area (Å²) >= 11 is 0. The van der Waals surface area contributed by atoms with E-state index in [9.17, 15) is 13.2 Å². The van der Waals surface area contributed by atoms with Crippen LogP contribution in [0.4, 0.5) is 5.69 Å². The molecule has 0 radical (unpaired) electrons. The molecule has 0 saturated heterocycles. The van der Waals surface area contributed by atoms with Gasteiger partial charge in [0.2, 0.25) is 15.9 Å². The molecular weight excluding hydrogens is 280 g/mol. The zero-order valence-corrected chi connectivity index (χ0v) is 12.7. The fourth-order valence-electron chi connectivity index (χ4n) is 1.54. The van der Waals surface area contributed by atoms with Crippen LogP contribution in [0.1, 0.15) is 13.3 Å². The molecule has 1 rings (SSSR count). The van der Waals surface area contributed by atoms with Crippen molar-refractivity contribution in [3.8, 4) is 5.75 Å². The second-order valence-corrected chi connectivity index (χ2v) is 6.19. The van der Waals surface area contributed by atoms with Crippen LogP contribution in [-0.4, -0.2) is 40.8 Å². The highest BCUT2D eigenvalue weighted by atomic mass is 32.2. The Kier molecular flexibility index (Phi) is 5.82. The van der Waals surface area contributed by atoms with Crippen molar-refractivity contribution in [3.05, 3.63) is 24.3 Å². The first kappa shape index (κ1) is 16.3. The maximum atomic E-state index is 11.8. The molecule has 0 atom stereocenters. The van der Waals surface area contributed by atoms with Crippen LogP contribution < -0.4 is 14.4 Å². The summed E-state index contributed by atoms with van der Waals surface area (Å²) in [6, 6.07) is 6.62. The van der Waals surface area contributed by atoms with Crippen LogP contribution in [0.15, 0.2) is 24.3 Å². The molecule has 7 heteroatoms. The molecule has 0 aliphatic heterocycles. The maximum Gasteiger partial charge on any atom is 0.240 e. The summed E-state index contributed by atoms with van der Waals surface area (Å²) in [6.07, 6.45) is 1.96. The van der Waals surface area contributed by atoms with E-state index in [-0.39, 0.29) is 12.5 Å². The van der Waals surface area contributed by atoms with E-state index in [0.29, 0.717) is 18.0 Å². The Morgan fingerprint density at radius 1 is 1.30 bits per heavy atom. The standard InChI is InChI=1S/C13H20N2O4S/c1-4-9-19-12-7-5-11(6-8-12)15(20(3,17)18)10-13(16)14-2/h5-8H,4,9-10H2,1-3H3,(H,14,16). The van der Waals surface area contributed by atoms with E-state index in [1.54, 1.807) is 24.3 Å². The predicted octanol–water partition coefficient (Wildman–Crippen LogP) is 0.987. The predicted molar refractivity (Wildman–Crippen MR) is 78.5 cm³/mol. The first-order chi connectivity index (χ1) is 9.38. The lowest BCUT2D eigenvalue weighted by atomic mass is 10.3. The number of hydrogen-bond acceptors (Lipinski definition) is 4. The average Bonchev–Trinajstić information content (AvgIpc) is 2.41. The minimum absolute atomic E-state index is 0.246. The number of benzene rings is 1. The maximum absolute atomic E-state index is 11.8. The minimum Gasteiger partial charge on any atom is -0.494 e. The van der Waals surface area contributed by atoms with Gasteiger partial charge < -0.3 is 10.1 Å². The third kappa shape index (κ3) is 4.73. The van der Waals surface area contributed by atoms with Crippen molar-refractivity contribution in [3.63, 3.8) is 0 Å². The highest BCUT2D eigenvalue weighted by Gasteiger charge is 2.20. The number of amides is 1. The van der Waals surface area contributed by atoms with E-state index in [0.717, 1.165) is 17.0 Å². The van der Waals surface area contributed by atoms with E-state index < -0.39 is 10.0 Å². The summed E-state index contributed by atoms with van der Waals surface area (Å²) in [5.41, 5.74) is 0.431. The molecule has 20 heavy (non-hydrogen) atoms. The fourth-order valence-corrected chi connectivity index (χ4v) is 2.39. The van der Waals surface area contributed by atoms with Crippen molar-refractivity contribution in [1.82, 2.24) is 5.32 Å². The summed E-state index contributed by atoms with van der Waals surface area (Å²) in [6.45, 7) is 2.36. The number of rotatable bonds is 7. The Labute approximate surface area is 119 Å². The van der Waals surface area contributed by atoms with E-state index in [4.69, 9.17) is 4.74 Å². The molecule has 1 amide bonds. The van der Waals surface area contributed by atoms with Crippen molar-refractivity contribution >= 4 is 21.6 Å². The van der Waals surface area contributed by atoms with Crippen LogP contribution in [0.5, 0.6) is 5.75 Å². The van der Waals surface area contributed by atoms with Crippen molar-refractivity contribution < 1.29 is 17.9 Å². The van der Waals surface area contributed by atoms with Gasteiger partial charge in [-0.05, 0) is 30.7 Å². The van der Waals surface area contributed by atoms with Gasteiger partial charge in [0.05, 0.1) is 18.6 Å². The van der Waals surface area contributed by atoms with Crippen molar-refractivity contribution in [2.24, 2.45) is 0 Å². The van der Waals surface area contributed by atoms with E-state index in [1.807, 2.05) is 6.92 Å². The van der Waals surface area contributed by atoms with Crippen LogP contribution in [0, 0.1) is 0 Å². The third-order valence-corrected chi connectivity index (χ3v) is 3.70. The number of ether oxygens (including phenoxy) is 1. The van der Waals surface area contributed by atoms with Gasteiger partial charge in [0, 0.05) is 7.05 Å². The molecular formula is C13H20N2O4S. The van der Waals surface area contributed by atoms with Gasteiger partial charge in [-0.2, -0.15) is 0 Å². The summed E-state index contributed by atoms with van der Waals surface area (Å²) in [5.74, 6) is 0.297. The Balaban J connectivity index is 2.94. The minimum atomic E-state index is -3.52. The number of sulfonamides is 1. The molecule has 0 heterocycles. The van der Waals surface area contributed by atoms with Gasteiger partial charge in [0.25, 0.3) is 0 Å². The molecule has 6 nitrogen and oxygen atoms in total. The second kappa shape index (κ2) is 7.14. The summed E-state index contributed by atoms with van der Waals surface area (Å²) in [4.78, 5) is 11.4. The van der Waals surface area contributed by atoms with Crippen LogP contribution in [0.25, 0.3) is 0 Å². The SMILES string of the molecule is CCCOc1ccc(N(CC(=O)NC)S(C)(=O)=O)cc1. The van der Waals surface area contributed by atoms with Gasteiger partial charge >= 0.3 is 0 Å². The fraction of sp³-hybridized carbons (Fsp3) is 0.462. The van der Waals surface area contributed by atoms with Crippen LogP contribution >= 0.6 is 0 Å². The van der Waals surface area contributed by atoms with Gasteiger partial charge in [0.1, 0.15) is 12.3 Å². The average molecular weight is 300 g/mol. The monoisotopic (exact) mass is 300 g/mol. The summed E-state index contributed by atoms with van der Waals surface area (Å²) in [5, 5.41) is 2.41. The van der Waals surface area contributed by atoms with E-state index in [2.05, 4.69) is 5.32 Å². The molecule has 1 aromatic rings. The second-order valence-electron chi connectivity index (χ2n) is 4.29. The molecule has 0 fully saturated rings. The molecule has 0 aliphatic rings. The lowest BCUT2D eigenvalue weighted by Crippen LogP contribution is -2.39. The first-order valence-corrected chi connectivity index (χ1v) is 8.14. The highest BCUT2D eigenvalue weighted by Crippen LogP contribution is 2.21. The van der Waals surface area contributed by atoms with Crippen LogP contribution in [0.2, 0.25) is 0 Å². The van der Waals surface area contributed by atoms with Crippen molar-refractivity contribution in [2.75, 3.05) is 30.8 Å². The number of nitrogens with one attached hydrogen (secondary N) is 1. The number of carbonyl (C=O) groups is 1. The molecule has 0 saturated carbocycles. The molecule has 0 unspecified atom stereocenters. The number of nitrogens with zero attached hydrogens (tertiary/aromatic N) is 1. The molecule has 112 valence electrons. The van der Waals surface area contributed by atoms with E-state index >= 15 is 0 Å². The van der Waals surface area contributed by atoms with Gasteiger partial charge in [-0.3, -0.25) is 9.10 Å². The normalized spacial score (nSPS) is 10.9. The van der Waals surface area contributed by atoms with Crippen LogP contribution in [0.3, 0.4) is 0 Å². The quantitative estimate of drug-likeness (QED) is 0.814. The Morgan fingerprint density at radius 2 is 1.90 bits per heavy atom. The molecule has 1 aromatic carbocycles. The zero-order chi connectivity index (χ0) is 15.2. The summed E-state index contributed by atoms with van der Waals surface area (Å²) in [7, 11) is -2.06. The van der Waals surface area contributed by atoms with Gasteiger partial charge in [-0.15, -0.1) is 0 Å². The van der Waals surface area contributed by atoms with Gasteiger partial charge in [-0.25, -0.2) is 8.42 Å². The summed E-state index contributed by atoms with van der Waals surface area (Å²) < 4.78 is 30.0. The Morgan fingerprint density at radius 3 is 2.35 bits per heavy atom. The largest absolute Gasteiger partial charge is 0.494 e. The van der Waals surface area contributed by atoms with Crippen molar-refractivity contribution in [1.29, 1.82) is 0 Å².